The second kappa shape index (κ2) is 8.59. The lowest BCUT2D eigenvalue weighted by Crippen LogP contribution is -2.42. The van der Waals surface area contributed by atoms with Crippen LogP contribution in [-0.2, 0) is 4.79 Å². The van der Waals surface area contributed by atoms with Crippen LogP contribution in [-0.4, -0.2) is 35.8 Å². The SMILES string of the molecule is CCN(CC)C(=O)c1ccc(NC(=O)C2C3CCC(C3)C2N)cc1Cl.Cl. The van der Waals surface area contributed by atoms with Gasteiger partial charge in [0.25, 0.3) is 5.91 Å². The zero-order valence-electron chi connectivity index (χ0n) is 15.2. The third-order valence-corrected chi connectivity index (χ3v) is 6.11. The molecule has 2 bridgehead atoms. The summed E-state index contributed by atoms with van der Waals surface area (Å²) in [5.74, 6) is 0.647. The zero-order valence-corrected chi connectivity index (χ0v) is 16.8. The van der Waals surface area contributed by atoms with Crippen LogP contribution >= 0.6 is 24.0 Å². The maximum atomic E-state index is 12.6. The summed E-state index contributed by atoms with van der Waals surface area (Å²) < 4.78 is 0. The molecule has 0 radical (unpaired) electrons. The molecule has 5 nitrogen and oxygen atoms in total. The summed E-state index contributed by atoms with van der Waals surface area (Å²) in [5.41, 5.74) is 7.31. The third-order valence-electron chi connectivity index (χ3n) is 5.80. The standard InChI is InChI=1S/C19H26ClN3O2.ClH/c1-3-23(4-2)19(25)14-8-7-13(10-15(14)20)22-18(24)16-11-5-6-12(9-11)17(16)21;/h7-8,10-12,16-17H,3-6,9,21H2,1-2H3,(H,22,24);1H. The number of carbonyl (C=O) groups is 2. The highest BCUT2D eigenvalue weighted by Crippen LogP contribution is 2.47. The van der Waals surface area contributed by atoms with E-state index in [1.165, 1.54) is 0 Å². The van der Waals surface area contributed by atoms with Crippen LogP contribution in [0.3, 0.4) is 0 Å². The molecule has 2 aliphatic rings. The van der Waals surface area contributed by atoms with E-state index >= 15 is 0 Å². The van der Waals surface area contributed by atoms with Crippen molar-refractivity contribution in [2.45, 2.75) is 39.2 Å². The Bertz CT molecular complexity index is 677. The zero-order chi connectivity index (χ0) is 18.1. The molecule has 2 fully saturated rings. The molecular formula is C19H27Cl2N3O2. The first kappa shape index (κ1) is 21.0. The van der Waals surface area contributed by atoms with Gasteiger partial charge in [0.1, 0.15) is 0 Å². The quantitative estimate of drug-likeness (QED) is 0.794. The van der Waals surface area contributed by atoms with Crippen LogP contribution in [0.4, 0.5) is 5.69 Å². The molecule has 2 aliphatic carbocycles. The van der Waals surface area contributed by atoms with Gasteiger partial charge in [-0.1, -0.05) is 11.6 Å². The van der Waals surface area contributed by atoms with Crippen molar-refractivity contribution in [2.75, 3.05) is 18.4 Å². The maximum absolute atomic E-state index is 12.6. The van der Waals surface area contributed by atoms with Crippen molar-refractivity contribution in [1.29, 1.82) is 0 Å². The number of halogens is 2. The van der Waals surface area contributed by atoms with Gasteiger partial charge in [0.2, 0.25) is 5.91 Å². The minimum absolute atomic E-state index is 0. The summed E-state index contributed by atoms with van der Waals surface area (Å²) in [4.78, 5) is 26.8. The fourth-order valence-corrected chi connectivity index (χ4v) is 4.66. The van der Waals surface area contributed by atoms with E-state index in [2.05, 4.69) is 5.32 Å². The number of fused-ring (bicyclic) bond motifs is 2. The van der Waals surface area contributed by atoms with Crippen LogP contribution < -0.4 is 11.1 Å². The van der Waals surface area contributed by atoms with E-state index in [1.807, 2.05) is 13.8 Å². The van der Waals surface area contributed by atoms with Gasteiger partial charge in [-0.2, -0.15) is 0 Å². The van der Waals surface area contributed by atoms with Crippen LogP contribution in [0.2, 0.25) is 5.02 Å². The van der Waals surface area contributed by atoms with E-state index in [4.69, 9.17) is 17.3 Å². The van der Waals surface area contributed by atoms with E-state index in [0.29, 0.717) is 41.2 Å². The second-order valence-electron chi connectivity index (χ2n) is 7.10. The predicted molar refractivity (Wildman–Crippen MR) is 107 cm³/mol. The van der Waals surface area contributed by atoms with Crippen molar-refractivity contribution in [3.63, 3.8) is 0 Å². The molecule has 2 amide bonds. The van der Waals surface area contributed by atoms with Crippen molar-refractivity contribution in [3.05, 3.63) is 28.8 Å². The molecule has 0 saturated heterocycles. The van der Waals surface area contributed by atoms with Crippen LogP contribution in [0.5, 0.6) is 0 Å². The molecule has 1 aromatic rings. The number of rotatable bonds is 5. The Morgan fingerprint density at radius 2 is 1.88 bits per heavy atom. The largest absolute Gasteiger partial charge is 0.339 e. The summed E-state index contributed by atoms with van der Waals surface area (Å²) in [6.45, 7) is 5.13. The van der Waals surface area contributed by atoms with E-state index in [-0.39, 0.29) is 36.2 Å². The lowest BCUT2D eigenvalue weighted by Gasteiger charge is -2.27. The van der Waals surface area contributed by atoms with Crippen molar-refractivity contribution in [3.8, 4) is 0 Å². The molecule has 4 unspecified atom stereocenters. The molecule has 0 aromatic heterocycles. The third kappa shape index (κ3) is 3.85. The molecule has 0 spiro atoms. The number of nitrogens with zero attached hydrogens (tertiary/aromatic N) is 1. The Labute approximate surface area is 166 Å². The number of hydrogen-bond donors (Lipinski definition) is 2. The molecule has 4 atom stereocenters. The highest BCUT2D eigenvalue weighted by Gasteiger charge is 2.49. The normalized spacial score (nSPS) is 26.3. The van der Waals surface area contributed by atoms with E-state index < -0.39 is 0 Å². The average Bonchev–Trinajstić information content (AvgIpc) is 3.16. The van der Waals surface area contributed by atoms with Gasteiger partial charge in [0.15, 0.2) is 0 Å². The first-order valence-corrected chi connectivity index (χ1v) is 9.49. The minimum atomic E-state index is -0.116. The average molecular weight is 400 g/mol. The summed E-state index contributed by atoms with van der Waals surface area (Å²) in [6.07, 6.45) is 3.30. The number of anilines is 1. The van der Waals surface area contributed by atoms with Crippen LogP contribution in [0.1, 0.15) is 43.5 Å². The second-order valence-corrected chi connectivity index (χ2v) is 7.50. The first-order valence-electron chi connectivity index (χ1n) is 9.11. The lowest BCUT2D eigenvalue weighted by atomic mass is 9.84. The molecule has 0 aliphatic heterocycles. The molecule has 0 heterocycles. The van der Waals surface area contributed by atoms with E-state index in [0.717, 1.165) is 19.3 Å². The molecule has 1 aromatic carbocycles. The predicted octanol–water partition coefficient (Wildman–Crippen LogP) is 3.56. The van der Waals surface area contributed by atoms with Crippen LogP contribution in [0.15, 0.2) is 18.2 Å². The Morgan fingerprint density at radius 3 is 2.42 bits per heavy atom. The Morgan fingerprint density at radius 1 is 1.23 bits per heavy atom. The highest BCUT2D eigenvalue weighted by atomic mass is 35.5. The fraction of sp³-hybridized carbons (Fsp3) is 0.579. The maximum Gasteiger partial charge on any atom is 0.255 e. The van der Waals surface area contributed by atoms with Gasteiger partial charge >= 0.3 is 0 Å². The van der Waals surface area contributed by atoms with Crippen LogP contribution in [0, 0.1) is 17.8 Å². The fourth-order valence-electron chi connectivity index (χ4n) is 4.40. The monoisotopic (exact) mass is 399 g/mol. The Hall–Kier alpha value is -1.30. The Balaban J connectivity index is 0.00000243. The number of nitrogens with one attached hydrogen (secondary N) is 1. The van der Waals surface area contributed by atoms with E-state index in [9.17, 15) is 9.59 Å². The molecule has 2 saturated carbocycles. The molecular weight excluding hydrogens is 373 g/mol. The van der Waals surface area contributed by atoms with Crippen molar-refractivity contribution in [2.24, 2.45) is 23.5 Å². The lowest BCUT2D eigenvalue weighted by molar-refractivity contribution is -0.121. The molecule has 3 rings (SSSR count). The van der Waals surface area contributed by atoms with Crippen molar-refractivity contribution >= 4 is 41.5 Å². The summed E-state index contributed by atoms with van der Waals surface area (Å²) in [6, 6.07) is 5.02. The van der Waals surface area contributed by atoms with Gasteiger partial charge in [-0.3, -0.25) is 9.59 Å². The number of hydrogen-bond acceptors (Lipinski definition) is 3. The van der Waals surface area contributed by atoms with Crippen molar-refractivity contribution < 1.29 is 9.59 Å². The topological polar surface area (TPSA) is 75.4 Å². The van der Waals surface area contributed by atoms with Gasteiger partial charge in [0.05, 0.1) is 16.5 Å². The summed E-state index contributed by atoms with van der Waals surface area (Å²) >= 11 is 6.29. The van der Waals surface area contributed by atoms with E-state index in [1.54, 1.807) is 23.1 Å². The molecule has 26 heavy (non-hydrogen) atoms. The molecule has 144 valence electrons. The number of nitrogens with two attached hydrogens (primary N) is 1. The van der Waals surface area contributed by atoms with Gasteiger partial charge in [0, 0.05) is 24.8 Å². The van der Waals surface area contributed by atoms with Crippen LogP contribution in [0.25, 0.3) is 0 Å². The molecule has 3 N–H and O–H groups in total. The smallest absolute Gasteiger partial charge is 0.255 e. The van der Waals surface area contributed by atoms with Gasteiger partial charge < -0.3 is 16.0 Å². The van der Waals surface area contributed by atoms with Gasteiger partial charge in [-0.05, 0) is 63.1 Å². The summed E-state index contributed by atoms with van der Waals surface area (Å²) in [5, 5.41) is 3.29. The molecule has 7 heteroatoms. The van der Waals surface area contributed by atoms with Gasteiger partial charge in [-0.25, -0.2) is 0 Å². The number of carbonyl (C=O) groups excluding carboxylic acids is 2. The minimum Gasteiger partial charge on any atom is -0.339 e. The highest BCUT2D eigenvalue weighted by molar-refractivity contribution is 6.34. The number of benzene rings is 1. The first-order chi connectivity index (χ1) is 12.0. The summed E-state index contributed by atoms with van der Waals surface area (Å²) in [7, 11) is 0. The van der Waals surface area contributed by atoms with Crippen molar-refractivity contribution in [1.82, 2.24) is 4.90 Å². The van der Waals surface area contributed by atoms with Gasteiger partial charge in [-0.15, -0.1) is 12.4 Å². The number of amides is 2. The Kier molecular flexibility index (Phi) is 6.94.